The van der Waals surface area contributed by atoms with Gasteiger partial charge in [-0.15, -0.1) is 0 Å². The molecule has 2 aromatic heterocycles. The molecule has 1 aliphatic heterocycles. The van der Waals surface area contributed by atoms with Crippen LogP contribution in [0.4, 0.5) is 10.6 Å². The summed E-state index contributed by atoms with van der Waals surface area (Å²) in [6.07, 6.45) is 1.73. The SMILES string of the molecule is Cc1cc(N2CCN(C(=O)NCc3ccnn3C)CC2)nc(C(C)C)n1. The van der Waals surface area contributed by atoms with Crippen molar-refractivity contribution in [2.24, 2.45) is 7.05 Å². The van der Waals surface area contributed by atoms with E-state index < -0.39 is 0 Å². The number of urea groups is 1. The smallest absolute Gasteiger partial charge is 0.317 e. The zero-order valence-corrected chi connectivity index (χ0v) is 15.9. The van der Waals surface area contributed by atoms with Crippen LogP contribution in [-0.4, -0.2) is 56.9 Å². The summed E-state index contributed by atoms with van der Waals surface area (Å²) in [6.45, 7) is 9.58. The van der Waals surface area contributed by atoms with Gasteiger partial charge in [0.2, 0.25) is 0 Å². The van der Waals surface area contributed by atoms with Gasteiger partial charge in [0.1, 0.15) is 11.6 Å². The molecular formula is C18H27N7O. The Labute approximate surface area is 154 Å². The highest BCUT2D eigenvalue weighted by atomic mass is 16.2. The van der Waals surface area contributed by atoms with E-state index in [0.29, 0.717) is 25.6 Å². The summed E-state index contributed by atoms with van der Waals surface area (Å²) in [5.74, 6) is 2.13. The Morgan fingerprint density at radius 2 is 1.96 bits per heavy atom. The molecule has 0 unspecified atom stereocenters. The molecule has 3 heterocycles. The van der Waals surface area contributed by atoms with Gasteiger partial charge < -0.3 is 15.1 Å². The molecule has 1 fully saturated rings. The predicted molar refractivity (Wildman–Crippen MR) is 100 cm³/mol. The van der Waals surface area contributed by atoms with Crippen LogP contribution in [0, 0.1) is 6.92 Å². The quantitative estimate of drug-likeness (QED) is 0.900. The molecular weight excluding hydrogens is 330 g/mol. The molecule has 0 saturated carbocycles. The minimum absolute atomic E-state index is 0.0346. The number of nitrogens with one attached hydrogen (secondary N) is 1. The van der Waals surface area contributed by atoms with Crippen LogP contribution >= 0.6 is 0 Å². The summed E-state index contributed by atoms with van der Waals surface area (Å²) in [5, 5.41) is 7.08. The van der Waals surface area contributed by atoms with Gasteiger partial charge in [0.25, 0.3) is 0 Å². The molecule has 1 aliphatic rings. The first-order valence-electron chi connectivity index (χ1n) is 9.04. The number of piperazine rings is 1. The van der Waals surface area contributed by atoms with Crippen molar-refractivity contribution in [3.8, 4) is 0 Å². The molecule has 0 radical (unpaired) electrons. The zero-order valence-electron chi connectivity index (χ0n) is 15.9. The first-order chi connectivity index (χ1) is 12.4. The van der Waals surface area contributed by atoms with Crippen molar-refractivity contribution in [2.75, 3.05) is 31.1 Å². The molecule has 8 nitrogen and oxygen atoms in total. The number of hydrogen-bond donors (Lipinski definition) is 1. The summed E-state index contributed by atoms with van der Waals surface area (Å²) < 4.78 is 1.77. The fourth-order valence-electron chi connectivity index (χ4n) is 2.99. The predicted octanol–water partition coefficient (Wildman–Crippen LogP) is 1.67. The molecule has 2 aromatic rings. The van der Waals surface area contributed by atoms with Crippen LogP contribution in [-0.2, 0) is 13.6 Å². The third kappa shape index (κ3) is 4.12. The fourth-order valence-corrected chi connectivity index (χ4v) is 2.99. The number of amides is 2. The average Bonchev–Trinajstić information content (AvgIpc) is 3.04. The third-order valence-electron chi connectivity index (χ3n) is 4.61. The Morgan fingerprint density at radius 1 is 1.23 bits per heavy atom. The molecule has 1 saturated heterocycles. The van der Waals surface area contributed by atoms with Gasteiger partial charge in [0.15, 0.2) is 0 Å². The first kappa shape index (κ1) is 18.2. The first-order valence-corrected chi connectivity index (χ1v) is 9.04. The van der Waals surface area contributed by atoms with Gasteiger partial charge >= 0.3 is 6.03 Å². The number of nitrogens with zero attached hydrogens (tertiary/aromatic N) is 6. The summed E-state index contributed by atoms with van der Waals surface area (Å²) in [6, 6.07) is 3.89. The van der Waals surface area contributed by atoms with E-state index in [1.165, 1.54) is 0 Å². The zero-order chi connectivity index (χ0) is 18.7. The number of anilines is 1. The highest BCUT2D eigenvalue weighted by Gasteiger charge is 2.22. The van der Waals surface area contributed by atoms with E-state index in [4.69, 9.17) is 4.98 Å². The van der Waals surface area contributed by atoms with Gasteiger partial charge in [0.05, 0.1) is 12.2 Å². The molecule has 1 N–H and O–H groups in total. The van der Waals surface area contributed by atoms with Gasteiger partial charge in [-0.25, -0.2) is 14.8 Å². The lowest BCUT2D eigenvalue weighted by molar-refractivity contribution is 0.193. The summed E-state index contributed by atoms with van der Waals surface area (Å²) in [7, 11) is 1.87. The molecule has 26 heavy (non-hydrogen) atoms. The van der Waals surface area contributed by atoms with Crippen LogP contribution < -0.4 is 10.2 Å². The van der Waals surface area contributed by atoms with Crippen molar-refractivity contribution in [2.45, 2.75) is 33.2 Å². The molecule has 140 valence electrons. The third-order valence-corrected chi connectivity index (χ3v) is 4.61. The summed E-state index contributed by atoms with van der Waals surface area (Å²) in [5.41, 5.74) is 1.96. The van der Waals surface area contributed by atoms with E-state index in [-0.39, 0.29) is 6.03 Å². The highest BCUT2D eigenvalue weighted by molar-refractivity contribution is 5.74. The molecule has 2 amide bonds. The van der Waals surface area contributed by atoms with Crippen molar-refractivity contribution >= 4 is 11.8 Å². The number of aromatic nitrogens is 4. The van der Waals surface area contributed by atoms with Crippen LogP contribution in [0.25, 0.3) is 0 Å². The van der Waals surface area contributed by atoms with E-state index in [1.807, 2.05) is 31.0 Å². The van der Waals surface area contributed by atoms with Gasteiger partial charge in [-0.1, -0.05) is 13.8 Å². The molecule has 0 atom stereocenters. The largest absolute Gasteiger partial charge is 0.353 e. The van der Waals surface area contributed by atoms with Crippen molar-refractivity contribution < 1.29 is 4.79 Å². The second-order valence-corrected chi connectivity index (χ2v) is 6.96. The molecule has 0 aliphatic carbocycles. The van der Waals surface area contributed by atoms with Gasteiger partial charge in [-0.2, -0.15) is 5.10 Å². The van der Waals surface area contributed by atoms with Crippen molar-refractivity contribution in [1.29, 1.82) is 0 Å². The Morgan fingerprint density at radius 3 is 2.58 bits per heavy atom. The Hall–Kier alpha value is -2.64. The number of carbonyl (C=O) groups is 1. The molecule has 0 bridgehead atoms. The number of carbonyl (C=O) groups excluding carboxylic acids is 1. The standard InChI is InChI=1S/C18H27N7O/c1-13(2)17-21-14(3)11-16(22-17)24-7-9-25(10-8-24)18(26)19-12-15-5-6-20-23(15)4/h5-6,11,13H,7-10,12H2,1-4H3,(H,19,26). The highest BCUT2D eigenvalue weighted by Crippen LogP contribution is 2.18. The molecule has 0 spiro atoms. The maximum atomic E-state index is 12.4. The second-order valence-electron chi connectivity index (χ2n) is 6.96. The van der Waals surface area contributed by atoms with Crippen LogP contribution in [0.5, 0.6) is 0 Å². The molecule has 0 aromatic carbocycles. The maximum Gasteiger partial charge on any atom is 0.317 e. The minimum atomic E-state index is -0.0346. The monoisotopic (exact) mass is 357 g/mol. The number of rotatable bonds is 4. The minimum Gasteiger partial charge on any atom is -0.353 e. The summed E-state index contributed by atoms with van der Waals surface area (Å²) in [4.78, 5) is 25.7. The normalized spacial score (nSPS) is 14.8. The lowest BCUT2D eigenvalue weighted by atomic mass is 10.2. The van der Waals surface area contributed by atoms with Gasteiger partial charge in [-0.05, 0) is 13.0 Å². The van der Waals surface area contributed by atoms with E-state index in [1.54, 1.807) is 10.9 Å². The average molecular weight is 357 g/mol. The van der Waals surface area contributed by atoms with Crippen molar-refractivity contribution in [1.82, 2.24) is 30.0 Å². The number of aryl methyl sites for hydroxylation is 2. The summed E-state index contributed by atoms with van der Waals surface area (Å²) >= 11 is 0. The molecule has 3 rings (SSSR count). The van der Waals surface area contributed by atoms with E-state index in [0.717, 1.165) is 36.1 Å². The van der Waals surface area contributed by atoms with Crippen LogP contribution in [0.2, 0.25) is 0 Å². The number of hydrogen-bond acceptors (Lipinski definition) is 5. The molecule has 8 heteroatoms. The van der Waals surface area contributed by atoms with E-state index in [2.05, 4.69) is 34.1 Å². The van der Waals surface area contributed by atoms with Crippen molar-refractivity contribution in [3.63, 3.8) is 0 Å². The fraction of sp³-hybridized carbons (Fsp3) is 0.556. The topological polar surface area (TPSA) is 79.2 Å². The van der Waals surface area contributed by atoms with Gasteiger partial charge in [-0.3, -0.25) is 4.68 Å². The lowest BCUT2D eigenvalue weighted by Crippen LogP contribution is -2.52. The van der Waals surface area contributed by atoms with E-state index in [9.17, 15) is 4.79 Å². The lowest BCUT2D eigenvalue weighted by Gasteiger charge is -2.35. The van der Waals surface area contributed by atoms with Crippen LogP contribution in [0.1, 0.15) is 37.0 Å². The second kappa shape index (κ2) is 7.72. The Kier molecular flexibility index (Phi) is 5.39. The van der Waals surface area contributed by atoms with Crippen LogP contribution in [0.3, 0.4) is 0 Å². The van der Waals surface area contributed by atoms with Gasteiger partial charge in [0, 0.05) is 57.1 Å². The van der Waals surface area contributed by atoms with Crippen molar-refractivity contribution in [3.05, 3.63) is 35.5 Å². The Balaban J connectivity index is 1.55. The van der Waals surface area contributed by atoms with E-state index >= 15 is 0 Å². The van der Waals surface area contributed by atoms with Crippen LogP contribution in [0.15, 0.2) is 18.3 Å². The Bertz CT molecular complexity index is 763. The maximum absolute atomic E-state index is 12.4.